The average Bonchev–Trinajstić information content (AvgIpc) is 2.79. The monoisotopic (exact) mass is 321 g/mol. The third-order valence-electron chi connectivity index (χ3n) is 2.98. The smallest absolute Gasteiger partial charge is 0.331 e. The van der Waals surface area contributed by atoms with Gasteiger partial charge in [0.15, 0.2) is 11.3 Å². The minimum absolute atomic E-state index is 0.283. The Bertz CT molecular complexity index is 737. The fraction of sp³-hybridized carbons (Fsp3) is 0.267. The highest BCUT2D eigenvalue weighted by Gasteiger charge is 2.18. The highest BCUT2D eigenvalue weighted by molar-refractivity contribution is 6.31. The maximum atomic E-state index is 11.8. The predicted octanol–water partition coefficient (Wildman–Crippen LogP) is 2.02. The lowest BCUT2D eigenvalue weighted by atomic mass is 10.3. The van der Waals surface area contributed by atoms with Gasteiger partial charge in [-0.2, -0.15) is 0 Å². The van der Waals surface area contributed by atoms with Gasteiger partial charge in [-0.05, 0) is 25.1 Å². The summed E-state index contributed by atoms with van der Waals surface area (Å²) in [4.78, 5) is 28.9. The number of rotatable bonds is 4. The molecule has 2 rings (SSSR count). The van der Waals surface area contributed by atoms with Gasteiger partial charge in [-0.1, -0.05) is 17.7 Å². The van der Waals surface area contributed by atoms with Gasteiger partial charge in [0.1, 0.15) is 5.65 Å². The van der Waals surface area contributed by atoms with E-state index in [0.717, 1.165) is 0 Å². The van der Waals surface area contributed by atoms with Crippen LogP contribution in [-0.4, -0.2) is 46.4 Å². The number of hydrogen-bond acceptors (Lipinski definition) is 4. The minimum Gasteiger partial charge on any atom is -0.449 e. The maximum absolute atomic E-state index is 11.8. The summed E-state index contributed by atoms with van der Waals surface area (Å²) < 4.78 is 6.78. The van der Waals surface area contributed by atoms with Crippen molar-refractivity contribution in [2.24, 2.45) is 0 Å². The molecule has 0 spiro atoms. The van der Waals surface area contributed by atoms with E-state index < -0.39 is 12.1 Å². The Labute approximate surface area is 132 Å². The van der Waals surface area contributed by atoms with E-state index in [1.807, 2.05) is 12.1 Å². The minimum atomic E-state index is -0.843. The van der Waals surface area contributed by atoms with Gasteiger partial charge < -0.3 is 9.64 Å². The summed E-state index contributed by atoms with van der Waals surface area (Å²) in [6.07, 6.45) is 3.68. The Morgan fingerprint density at radius 2 is 2.14 bits per heavy atom. The first-order chi connectivity index (χ1) is 10.4. The Kier molecular flexibility index (Phi) is 4.82. The summed E-state index contributed by atoms with van der Waals surface area (Å²) >= 11 is 6.05. The zero-order chi connectivity index (χ0) is 16.3. The van der Waals surface area contributed by atoms with Crippen LogP contribution in [0.4, 0.5) is 0 Å². The van der Waals surface area contributed by atoms with Crippen molar-refractivity contribution in [2.45, 2.75) is 13.0 Å². The molecule has 0 aliphatic carbocycles. The van der Waals surface area contributed by atoms with Gasteiger partial charge in [0, 0.05) is 26.4 Å². The standard InChI is InChI=1S/C15H16ClN3O3/c1-10(15(21)18(2)3)22-13(20)8-7-11-14(16)17-12-6-4-5-9-19(11)12/h4-10H,1-3H3/b8-7+/t10-/m1/s1. The molecule has 0 saturated heterocycles. The van der Waals surface area contributed by atoms with Crippen molar-refractivity contribution >= 4 is 35.2 Å². The molecule has 1 atom stereocenters. The van der Waals surface area contributed by atoms with Crippen LogP contribution in [-0.2, 0) is 14.3 Å². The number of carbonyl (C=O) groups excluding carboxylic acids is 2. The van der Waals surface area contributed by atoms with Crippen LogP contribution in [0.1, 0.15) is 12.6 Å². The highest BCUT2D eigenvalue weighted by Crippen LogP contribution is 2.18. The van der Waals surface area contributed by atoms with Crippen LogP contribution in [0.15, 0.2) is 30.5 Å². The number of carbonyl (C=O) groups is 2. The summed E-state index contributed by atoms with van der Waals surface area (Å²) in [5, 5.41) is 0.285. The molecule has 0 aliphatic rings. The summed E-state index contributed by atoms with van der Waals surface area (Å²) in [6.45, 7) is 1.52. The molecule has 2 heterocycles. The molecule has 0 radical (unpaired) electrons. The SMILES string of the molecule is C[C@@H](OC(=O)/C=C/c1c(Cl)nc2ccccn12)C(=O)N(C)C. The van der Waals surface area contributed by atoms with Crippen LogP contribution in [0.5, 0.6) is 0 Å². The molecule has 22 heavy (non-hydrogen) atoms. The van der Waals surface area contributed by atoms with E-state index in [-0.39, 0.29) is 11.1 Å². The zero-order valence-electron chi connectivity index (χ0n) is 12.5. The number of amides is 1. The summed E-state index contributed by atoms with van der Waals surface area (Å²) in [5.74, 6) is -0.903. The van der Waals surface area contributed by atoms with Gasteiger partial charge >= 0.3 is 5.97 Å². The number of fused-ring (bicyclic) bond motifs is 1. The number of halogens is 1. The molecule has 116 valence electrons. The van der Waals surface area contributed by atoms with E-state index in [4.69, 9.17) is 16.3 Å². The first kappa shape index (κ1) is 16.0. The van der Waals surface area contributed by atoms with Crippen molar-refractivity contribution < 1.29 is 14.3 Å². The largest absolute Gasteiger partial charge is 0.449 e. The van der Waals surface area contributed by atoms with Crippen molar-refractivity contribution in [3.8, 4) is 0 Å². The van der Waals surface area contributed by atoms with E-state index in [2.05, 4.69) is 4.98 Å². The molecule has 0 aliphatic heterocycles. The number of likely N-dealkylation sites (N-methyl/N-ethyl adjacent to an activating group) is 1. The first-order valence-corrected chi connectivity index (χ1v) is 7.00. The number of imidazole rings is 1. The molecule has 7 heteroatoms. The number of pyridine rings is 1. The third-order valence-corrected chi connectivity index (χ3v) is 3.26. The van der Waals surface area contributed by atoms with Crippen LogP contribution in [0, 0.1) is 0 Å². The molecule has 0 unspecified atom stereocenters. The second kappa shape index (κ2) is 6.62. The van der Waals surface area contributed by atoms with Crippen molar-refractivity contribution in [3.63, 3.8) is 0 Å². The summed E-state index contributed by atoms with van der Waals surface area (Å²) in [7, 11) is 3.20. The van der Waals surface area contributed by atoms with Crippen LogP contribution < -0.4 is 0 Å². The van der Waals surface area contributed by atoms with Crippen LogP contribution in [0.3, 0.4) is 0 Å². The van der Waals surface area contributed by atoms with Crippen LogP contribution >= 0.6 is 11.6 Å². The van der Waals surface area contributed by atoms with Gasteiger partial charge in [0.05, 0.1) is 5.69 Å². The number of hydrogen-bond donors (Lipinski definition) is 0. The molecule has 2 aromatic rings. The molecule has 0 saturated carbocycles. The zero-order valence-corrected chi connectivity index (χ0v) is 13.2. The van der Waals surface area contributed by atoms with E-state index in [1.54, 1.807) is 30.8 Å². The Morgan fingerprint density at radius 3 is 2.82 bits per heavy atom. The fourth-order valence-electron chi connectivity index (χ4n) is 1.91. The maximum Gasteiger partial charge on any atom is 0.331 e. The predicted molar refractivity (Wildman–Crippen MR) is 83.5 cm³/mol. The van der Waals surface area contributed by atoms with Gasteiger partial charge in [0.2, 0.25) is 0 Å². The van der Waals surface area contributed by atoms with Crippen molar-refractivity contribution in [1.29, 1.82) is 0 Å². The average molecular weight is 322 g/mol. The molecule has 1 amide bonds. The van der Waals surface area contributed by atoms with Gasteiger partial charge in [0.25, 0.3) is 5.91 Å². The first-order valence-electron chi connectivity index (χ1n) is 6.62. The van der Waals surface area contributed by atoms with Crippen LogP contribution in [0.2, 0.25) is 5.15 Å². The lowest BCUT2D eigenvalue weighted by Gasteiger charge is -2.16. The molecule has 0 aromatic carbocycles. The summed E-state index contributed by atoms with van der Waals surface area (Å²) in [6, 6.07) is 5.48. The molecular formula is C15H16ClN3O3. The Morgan fingerprint density at radius 1 is 1.41 bits per heavy atom. The molecule has 2 aromatic heterocycles. The molecular weight excluding hydrogens is 306 g/mol. The molecule has 0 bridgehead atoms. The molecule has 0 fully saturated rings. The second-order valence-electron chi connectivity index (χ2n) is 4.86. The van der Waals surface area contributed by atoms with Crippen LogP contribution in [0.25, 0.3) is 11.7 Å². The number of nitrogens with zero attached hydrogens (tertiary/aromatic N) is 3. The van der Waals surface area contributed by atoms with E-state index in [1.165, 1.54) is 24.0 Å². The number of ether oxygens (including phenoxy) is 1. The quantitative estimate of drug-likeness (QED) is 0.638. The molecule has 0 N–H and O–H groups in total. The van der Waals surface area contributed by atoms with Crippen molar-refractivity contribution in [2.75, 3.05) is 14.1 Å². The second-order valence-corrected chi connectivity index (χ2v) is 5.22. The topological polar surface area (TPSA) is 63.9 Å². The van der Waals surface area contributed by atoms with Crippen molar-refractivity contribution in [3.05, 3.63) is 41.3 Å². The van der Waals surface area contributed by atoms with Crippen molar-refractivity contribution in [1.82, 2.24) is 14.3 Å². The summed E-state index contributed by atoms with van der Waals surface area (Å²) in [5.41, 5.74) is 1.25. The van der Waals surface area contributed by atoms with Gasteiger partial charge in [-0.15, -0.1) is 0 Å². The van der Waals surface area contributed by atoms with E-state index in [0.29, 0.717) is 11.3 Å². The normalized spacial score (nSPS) is 12.5. The Balaban J connectivity index is 2.12. The lowest BCUT2D eigenvalue weighted by Crippen LogP contribution is -2.34. The number of esters is 1. The lowest BCUT2D eigenvalue weighted by molar-refractivity contribution is -0.153. The van der Waals surface area contributed by atoms with E-state index in [9.17, 15) is 9.59 Å². The highest BCUT2D eigenvalue weighted by atomic mass is 35.5. The fourth-order valence-corrected chi connectivity index (χ4v) is 2.15. The van der Waals surface area contributed by atoms with E-state index >= 15 is 0 Å². The molecule has 6 nitrogen and oxygen atoms in total. The number of aromatic nitrogens is 2. The Hall–Kier alpha value is -2.34. The van der Waals surface area contributed by atoms with Gasteiger partial charge in [-0.25, -0.2) is 9.78 Å². The third kappa shape index (κ3) is 3.46. The van der Waals surface area contributed by atoms with Gasteiger partial charge in [-0.3, -0.25) is 9.20 Å².